The minimum atomic E-state index is -3.38. The zero-order valence-electron chi connectivity index (χ0n) is 14.8. The lowest BCUT2D eigenvalue weighted by atomic mass is 10.0. The van der Waals surface area contributed by atoms with E-state index in [0.29, 0.717) is 12.4 Å². The third kappa shape index (κ3) is 5.06. The maximum atomic E-state index is 12.3. The molecule has 27 heavy (non-hydrogen) atoms. The second-order valence-electron chi connectivity index (χ2n) is 6.42. The van der Waals surface area contributed by atoms with E-state index in [1.165, 1.54) is 18.2 Å². The summed E-state index contributed by atoms with van der Waals surface area (Å²) in [5.74, 6) is 0.472. The molecule has 1 aliphatic rings. The zero-order valence-corrected chi connectivity index (χ0v) is 15.6. The summed E-state index contributed by atoms with van der Waals surface area (Å²) in [5.41, 5.74) is 0.896. The standard InChI is InChI=1S/C18H21F2N3O3S/c1-27(24,25)16-5-2-10-21-17(16)22-13-4-3-11-23(12-13)14-6-8-15(9-7-14)26-18(19)20/h2,5-10,13,18H,3-4,11-12H2,1H3,(H,21,22). The molecule has 3 rings (SSSR count). The van der Waals surface area contributed by atoms with Crippen molar-refractivity contribution in [3.63, 3.8) is 0 Å². The van der Waals surface area contributed by atoms with Gasteiger partial charge < -0.3 is 15.0 Å². The van der Waals surface area contributed by atoms with Crippen molar-refractivity contribution in [2.75, 3.05) is 29.6 Å². The van der Waals surface area contributed by atoms with Crippen LogP contribution in [0.25, 0.3) is 0 Å². The number of nitrogens with one attached hydrogen (secondary N) is 1. The molecule has 1 aromatic heterocycles. The first-order chi connectivity index (χ1) is 12.8. The number of anilines is 2. The van der Waals surface area contributed by atoms with E-state index >= 15 is 0 Å². The molecule has 0 aliphatic carbocycles. The summed E-state index contributed by atoms with van der Waals surface area (Å²) in [7, 11) is -3.38. The highest BCUT2D eigenvalue weighted by Gasteiger charge is 2.23. The Morgan fingerprint density at radius 2 is 2.00 bits per heavy atom. The van der Waals surface area contributed by atoms with Crippen LogP contribution in [0.3, 0.4) is 0 Å². The van der Waals surface area contributed by atoms with Crippen LogP contribution in [-0.2, 0) is 9.84 Å². The predicted octanol–water partition coefficient (Wildman–Crippen LogP) is 3.17. The number of alkyl halides is 2. The van der Waals surface area contributed by atoms with Gasteiger partial charge in [0.05, 0.1) is 0 Å². The smallest absolute Gasteiger partial charge is 0.387 e. The fraction of sp³-hybridized carbons (Fsp3) is 0.389. The van der Waals surface area contributed by atoms with Crippen LogP contribution in [0.5, 0.6) is 5.75 Å². The van der Waals surface area contributed by atoms with E-state index < -0.39 is 16.4 Å². The Morgan fingerprint density at radius 1 is 1.26 bits per heavy atom. The zero-order chi connectivity index (χ0) is 19.4. The molecule has 0 amide bonds. The number of hydrogen-bond acceptors (Lipinski definition) is 6. The van der Waals surface area contributed by atoms with Gasteiger partial charge in [-0.1, -0.05) is 0 Å². The van der Waals surface area contributed by atoms with Crippen LogP contribution in [0.15, 0.2) is 47.5 Å². The molecule has 1 aromatic carbocycles. The number of nitrogens with zero attached hydrogens (tertiary/aromatic N) is 2. The molecule has 1 aliphatic heterocycles. The van der Waals surface area contributed by atoms with Crippen LogP contribution in [0.4, 0.5) is 20.3 Å². The highest BCUT2D eigenvalue weighted by molar-refractivity contribution is 7.90. The molecule has 2 heterocycles. The number of ether oxygens (including phenoxy) is 1. The van der Waals surface area contributed by atoms with Gasteiger partial charge in [-0.15, -0.1) is 0 Å². The van der Waals surface area contributed by atoms with Crippen molar-refractivity contribution >= 4 is 21.3 Å². The first-order valence-electron chi connectivity index (χ1n) is 8.54. The van der Waals surface area contributed by atoms with Gasteiger partial charge >= 0.3 is 6.61 Å². The van der Waals surface area contributed by atoms with Gasteiger partial charge in [0.1, 0.15) is 16.5 Å². The van der Waals surface area contributed by atoms with E-state index in [0.717, 1.165) is 31.3 Å². The van der Waals surface area contributed by atoms with Gasteiger partial charge in [-0.25, -0.2) is 13.4 Å². The van der Waals surface area contributed by atoms with Crippen LogP contribution in [0.1, 0.15) is 12.8 Å². The molecular weight excluding hydrogens is 376 g/mol. The number of hydrogen-bond donors (Lipinski definition) is 1. The Balaban J connectivity index is 1.70. The fourth-order valence-corrected chi connectivity index (χ4v) is 3.95. The summed E-state index contributed by atoms with van der Waals surface area (Å²) < 4.78 is 52.8. The maximum absolute atomic E-state index is 12.3. The van der Waals surface area contributed by atoms with Crippen LogP contribution in [-0.4, -0.2) is 45.4 Å². The second-order valence-corrected chi connectivity index (χ2v) is 8.41. The number of aromatic nitrogens is 1. The molecule has 6 nitrogen and oxygen atoms in total. The monoisotopic (exact) mass is 397 g/mol. The Morgan fingerprint density at radius 3 is 2.67 bits per heavy atom. The summed E-state index contributed by atoms with van der Waals surface area (Å²) >= 11 is 0. The second kappa shape index (κ2) is 8.08. The molecule has 0 saturated carbocycles. The molecule has 9 heteroatoms. The molecule has 146 valence electrons. The average molecular weight is 397 g/mol. The van der Waals surface area contributed by atoms with Crippen molar-refractivity contribution in [1.82, 2.24) is 4.98 Å². The highest BCUT2D eigenvalue weighted by Crippen LogP contribution is 2.26. The quantitative estimate of drug-likeness (QED) is 0.807. The summed E-state index contributed by atoms with van der Waals surface area (Å²) in [5, 5.41) is 3.24. The molecular formula is C18H21F2N3O3S. The van der Waals surface area contributed by atoms with Crippen molar-refractivity contribution in [2.24, 2.45) is 0 Å². The van der Waals surface area contributed by atoms with E-state index in [2.05, 4.69) is 19.9 Å². The number of pyridine rings is 1. The maximum Gasteiger partial charge on any atom is 0.387 e. The van der Waals surface area contributed by atoms with Crippen molar-refractivity contribution in [3.05, 3.63) is 42.6 Å². The molecule has 0 spiro atoms. The van der Waals surface area contributed by atoms with Crippen LogP contribution >= 0.6 is 0 Å². The molecule has 0 bridgehead atoms. The summed E-state index contributed by atoms with van der Waals surface area (Å²) in [6.45, 7) is -1.37. The molecule has 0 radical (unpaired) electrons. The van der Waals surface area contributed by atoms with Crippen LogP contribution in [0, 0.1) is 0 Å². The number of piperidine rings is 1. The van der Waals surface area contributed by atoms with Gasteiger partial charge in [-0.2, -0.15) is 8.78 Å². The molecule has 1 N–H and O–H groups in total. The van der Waals surface area contributed by atoms with Gasteiger partial charge in [-0.3, -0.25) is 0 Å². The largest absolute Gasteiger partial charge is 0.435 e. The van der Waals surface area contributed by atoms with E-state index in [1.807, 2.05) is 0 Å². The van der Waals surface area contributed by atoms with Gasteiger partial charge in [0.25, 0.3) is 0 Å². The number of benzene rings is 1. The van der Waals surface area contributed by atoms with Gasteiger partial charge in [0.2, 0.25) is 0 Å². The SMILES string of the molecule is CS(=O)(=O)c1cccnc1NC1CCCN(c2ccc(OC(F)F)cc2)C1. The molecule has 1 saturated heterocycles. The van der Waals surface area contributed by atoms with Gasteiger partial charge in [0, 0.05) is 37.3 Å². The lowest BCUT2D eigenvalue weighted by Crippen LogP contribution is -2.42. The summed E-state index contributed by atoms with van der Waals surface area (Å²) in [6, 6.07) is 9.65. The topological polar surface area (TPSA) is 71.5 Å². The van der Waals surface area contributed by atoms with Crippen LogP contribution < -0.4 is 15.0 Å². The minimum absolute atomic E-state index is 0.0196. The molecule has 1 fully saturated rings. The van der Waals surface area contributed by atoms with E-state index in [4.69, 9.17) is 0 Å². The Bertz CT molecular complexity index is 876. The highest BCUT2D eigenvalue weighted by atomic mass is 32.2. The number of rotatable bonds is 6. The van der Waals surface area contributed by atoms with Gasteiger partial charge in [0.15, 0.2) is 9.84 Å². The molecule has 1 unspecified atom stereocenters. The molecule has 2 aromatic rings. The lowest BCUT2D eigenvalue weighted by Gasteiger charge is -2.35. The first-order valence-corrected chi connectivity index (χ1v) is 10.4. The Hall–Kier alpha value is -2.42. The van der Waals surface area contributed by atoms with Crippen molar-refractivity contribution in [3.8, 4) is 5.75 Å². The first kappa shape index (κ1) is 19.3. The third-order valence-electron chi connectivity index (χ3n) is 4.36. The van der Waals surface area contributed by atoms with E-state index in [9.17, 15) is 17.2 Å². The fourth-order valence-electron chi connectivity index (χ4n) is 3.16. The van der Waals surface area contributed by atoms with Crippen molar-refractivity contribution < 1.29 is 21.9 Å². The average Bonchev–Trinajstić information content (AvgIpc) is 2.62. The normalized spacial score (nSPS) is 17.8. The summed E-state index contributed by atoms with van der Waals surface area (Å²) in [4.78, 5) is 6.48. The lowest BCUT2D eigenvalue weighted by molar-refractivity contribution is -0.0498. The Labute approximate surface area is 157 Å². The van der Waals surface area contributed by atoms with Crippen molar-refractivity contribution in [1.29, 1.82) is 0 Å². The molecule has 1 atom stereocenters. The number of halogens is 2. The summed E-state index contributed by atoms with van der Waals surface area (Å²) in [6.07, 6.45) is 4.50. The van der Waals surface area contributed by atoms with Crippen LogP contribution in [0.2, 0.25) is 0 Å². The number of sulfone groups is 1. The predicted molar refractivity (Wildman–Crippen MR) is 99.3 cm³/mol. The van der Waals surface area contributed by atoms with E-state index in [-0.39, 0.29) is 16.7 Å². The van der Waals surface area contributed by atoms with E-state index in [1.54, 1.807) is 24.4 Å². The Kier molecular flexibility index (Phi) is 5.79. The van der Waals surface area contributed by atoms with Crippen molar-refractivity contribution in [2.45, 2.75) is 30.4 Å². The minimum Gasteiger partial charge on any atom is -0.435 e. The van der Waals surface area contributed by atoms with Gasteiger partial charge in [-0.05, 0) is 49.2 Å². The third-order valence-corrected chi connectivity index (χ3v) is 5.49.